The fourth-order valence-electron chi connectivity index (χ4n) is 3.88. The van der Waals surface area contributed by atoms with Gasteiger partial charge in [0.25, 0.3) is 0 Å². The van der Waals surface area contributed by atoms with Gasteiger partial charge in [-0.15, -0.1) is 0 Å². The number of aromatic nitrogens is 2. The van der Waals surface area contributed by atoms with Crippen LogP contribution in [0.4, 0.5) is 0 Å². The Hall–Kier alpha value is -3.97. The van der Waals surface area contributed by atoms with Crippen LogP contribution in [0.5, 0.6) is 5.75 Å². The Balaban J connectivity index is 2.17. The van der Waals surface area contributed by atoms with Gasteiger partial charge < -0.3 is 42.6 Å². The number of aromatic amines is 1. The summed E-state index contributed by atoms with van der Waals surface area (Å²) in [5, 5.41) is 26.9. The summed E-state index contributed by atoms with van der Waals surface area (Å²) in [5.41, 5.74) is 12.8. The number of carbonyl (C=O) groups excluding carboxylic acids is 3. The van der Waals surface area contributed by atoms with Gasteiger partial charge in [0.15, 0.2) is 0 Å². The Morgan fingerprint density at radius 2 is 1.62 bits per heavy atom. The highest BCUT2D eigenvalue weighted by molar-refractivity contribution is 5.94. The quantitative estimate of drug-likeness (QED) is 0.128. The van der Waals surface area contributed by atoms with E-state index in [0.717, 1.165) is 0 Å². The van der Waals surface area contributed by atoms with Crippen molar-refractivity contribution in [3.05, 3.63) is 48.0 Å². The molecule has 4 unspecified atom stereocenters. The van der Waals surface area contributed by atoms with Crippen LogP contribution in [0.2, 0.25) is 0 Å². The van der Waals surface area contributed by atoms with E-state index in [-0.39, 0.29) is 30.9 Å². The van der Waals surface area contributed by atoms with E-state index in [1.165, 1.54) is 18.5 Å². The van der Waals surface area contributed by atoms with E-state index >= 15 is 0 Å². The van der Waals surface area contributed by atoms with Crippen molar-refractivity contribution in [2.24, 2.45) is 17.4 Å². The molecule has 1 heterocycles. The number of hydrogen-bond acceptors (Lipinski definition) is 8. The number of unbranched alkanes of at least 4 members (excludes halogenated alkanes) is 1. The number of phenolic OH excluding ortho intramolecular Hbond substituents is 1. The summed E-state index contributed by atoms with van der Waals surface area (Å²) in [6.45, 7) is 3.83. The topological polar surface area (TPSA) is 226 Å². The molecule has 1 aromatic heterocycles. The van der Waals surface area contributed by atoms with Crippen molar-refractivity contribution in [2.45, 2.75) is 70.1 Å². The van der Waals surface area contributed by atoms with E-state index in [9.17, 15) is 29.4 Å². The van der Waals surface area contributed by atoms with Crippen LogP contribution in [0.3, 0.4) is 0 Å². The van der Waals surface area contributed by atoms with Crippen LogP contribution in [-0.4, -0.2) is 74.6 Å². The van der Waals surface area contributed by atoms with E-state index in [1.807, 2.05) is 0 Å². The number of nitrogens with zero attached hydrogens (tertiary/aromatic N) is 1. The van der Waals surface area contributed by atoms with Crippen molar-refractivity contribution in [3.8, 4) is 5.75 Å². The number of nitrogens with two attached hydrogens (primary N) is 2. The van der Waals surface area contributed by atoms with Gasteiger partial charge in [-0.3, -0.25) is 14.4 Å². The number of carboxylic acids is 1. The van der Waals surface area contributed by atoms with Gasteiger partial charge in [0.2, 0.25) is 17.7 Å². The molecule has 39 heavy (non-hydrogen) atoms. The third-order valence-electron chi connectivity index (χ3n) is 6.15. The van der Waals surface area contributed by atoms with Gasteiger partial charge in [-0.1, -0.05) is 26.0 Å². The second-order valence-corrected chi connectivity index (χ2v) is 9.73. The fourth-order valence-corrected chi connectivity index (χ4v) is 3.88. The number of aliphatic carboxylic acids is 1. The first-order valence-corrected chi connectivity index (χ1v) is 12.9. The summed E-state index contributed by atoms with van der Waals surface area (Å²) in [6, 6.07) is 1.85. The van der Waals surface area contributed by atoms with E-state index < -0.39 is 47.9 Å². The normalized spacial score (nSPS) is 14.2. The van der Waals surface area contributed by atoms with E-state index in [1.54, 1.807) is 32.2 Å². The van der Waals surface area contributed by atoms with Gasteiger partial charge in [0, 0.05) is 24.7 Å². The maximum atomic E-state index is 13.4. The summed E-state index contributed by atoms with van der Waals surface area (Å²) in [5.74, 6) is -3.41. The number of hydrogen-bond donors (Lipinski definition) is 8. The molecule has 0 spiro atoms. The second kappa shape index (κ2) is 15.4. The number of benzene rings is 1. The van der Waals surface area contributed by atoms with Crippen molar-refractivity contribution >= 4 is 23.7 Å². The zero-order valence-corrected chi connectivity index (χ0v) is 22.2. The number of nitrogens with one attached hydrogen (secondary N) is 4. The molecule has 0 saturated carbocycles. The van der Waals surface area contributed by atoms with Crippen LogP contribution in [0.25, 0.3) is 0 Å². The number of carboxylic acid groups (broad SMARTS) is 1. The molecule has 214 valence electrons. The SMILES string of the molecule is CC(C)C(NC(=O)C(Cc1ccc(O)cc1)NC(=O)C(N)Cc1cnc[nH]1)C(=O)NC(CCCCN)C(=O)O. The van der Waals surface area contributed by atoms with Crippen molar-refractivity contribution in [3.63, 3.8) is 0 Å². The number of carbonyl (C=O) groups is 4. The number of amides is 3. The Labute approximate surface area is 227 Å². The molecule has 2 rings (SSSR count). The summed E-state index contributed by atoms with van der Waals surface area (Å²) in [4.78, 5) is 57.7. The highest BCUT2D eigenvalue weighted by atomic mass is 16.4. The highest BCUT2D eigenvalue weighted by Crippen LogP contribution is 2.13. The minimum absolute atomic E-state index is 0.0429. The Morgan fingerprint density at radius 3 is 2.18 bits per heavy atom. The summed E-state index contributed by atoms with van der Waals surface area (Å²) < 4.78 is 0. The lowest BCUT2D eigenvalue weighted by molar-refractivity contribution is -0.142. The monoisotopic (exact) mass is 545 g/mol. The smallest absolute Gasteiger partial charge is 0.326 e. The molecule has 0 fully saturated rings. The molecule has 2 aromatic rings. The van der Waals surface area contributed by atoms with Gasteiger partial charge in [-0.25, -0.2) is 9.78 Å². The Kier molecular flexibility index (Phi) is 12.4. The Bertz CT molecular complexity index is 1070. The van der Waals surface area contributed by atoms with Crippen LogP contribution in [0.1, 0.15) is 44.4 Å². The van der Waals surface area contributed by atoms with Crippen LogP contribution in [0.15, 0.2) is 36.8 Å². The molecule has 13 nitrogen and oxygen atoms in total. The number of imidazole rings is 1. The van der Waals surface area contributed by atoms with Gasteiger partial charge in [-0.05, 0) is 49.4 Å². The predicted octanol–water partition coefficient (Wildman–Crippen LogP) is -0.448. The minimum atomic E-state index is -1.18. The predicted molar refractivity (Wildman–Crippen MR) is 143 cm³/mol. The molecule has 0 saturated heterocycles. The van der Waals surface area contributed by atoms with Crippen molar-refractivity contribution < 1.29 is 29.4 Å². The van der Waals surface area contributed by atoms with Gasteiger partial charge >= 0.3 is 5.97 Å². The molecule has 13 heteroatoms. The summed E-state index contributed by atoms with van der Waals surface area (Å²) >= 11 is 0. The average molecular weight is 546 g/mol. The third-order valence-corrected chi connectivity index (χ3v) is 6.15. The molecular weight excluding hydrogens is 506 g/mol. The molecule has 0 radical (unpaired) electrons. The van der Waals surface area contributed by atoms with Crippen LogP contribution in [0, 0.1) is 5.92 Å². The maximum Gasteiger partial charge on any atom is 0.326 e. The molecule has 4 atom stereocenters. The first-order valence-electron chi connectivity index (χ1n) is 12.9. The van der Waals surface area contributed by atoms with Gasteiger partial charge in [0.1, 0.15) is 23.9 Å². The molecule has 10 N–H and O–H groups in total. The maximum absolute atomic E-state index is 13.4. The van der Waals surface area contributed by atoms with E-state index in [2.05, 4.69) is 25.9 Å². The van der Waals surface area contributed by atoms with Gasteiger partial charge in [-0.2, -0.15) is 0 Å². The summed E-state index contributed by atoms with van der Waals surface area (Å²) in [7, 11) is 0. The number of H-pyrrole nitrogens is 1. The van der Waals surface area contributed by atoms with Crippen LogP contribution >= 0.6 is 0 Å². The van der Waals surface area contributed by atoms with Crippen LogP contribution in [-0.2, 0) is 32.0 Å². The Morgan fingerprint density at radius 1 is 0.949 bits per heavy atom. The molecule has 0 bridgehead atoms. The zero-order chi connectivity index (χ0) is 28.9. The summed E-state index contributed by atoms with van der Waals surface area (Å²) in [6.07, 6.45) is 4.56. The van der Waals surface area contributed by atoms with Crippen molar-refractivity contribution in [2.75, 3.05) is 6.54 Å². The third kappa shape index (κ3) is 10.4. The van der Waals surface area contributed by atoms with Crippen molar-refractivity contribution in [1.82, 2.24) is 25.9 Å². The highest BCUT2D eigenvalue weighted by Gasteiger charge is 2.32. The fraction of sp³-hybridized carbons (Fsp3) is 0.500. The second-order valence-electron chi connectivity index (χ2n) is 9.73. The molecule has 1 aromatic carbocycles. The standard InChI is InChI=1S/C26H39N7O6/c1-15(2)22(25(37)31-20(26(38)39)5-3-4-10-27)33-24(36)21(11-16-6-8-18(34)9-7-16)32-23(35)19(28)12-17-13-29-14-30-17/h6-9,13-15,19-22,34H,3-5,10-12,27-28H2,1-2H3,(H,29,30)(H,31,37)(H,32,35)(H,33,36)(H,38,39). The molecular formula is C26H39N7O6. The largest absolute Gasteiger partial charge is 0.508 e. The van der Waals surface area contributed by atoms with Crippen LogP contribution < -0.4 is 27.4 Å². The number of aromatic hydroxyl groups is 1. The molecule has 3 amide bonds. The van der Waals surface area contributed by atoms with Gasteiger partial charge in [0.05, 0.1) is 12.4 Å². The minimum Gasteiger partial charge on any atom is -0.508 e. The lowest BCUT2D eigenvalue weighted by Gasteiger charge is -2.27. The number of phenols is 1. The zero-order valence-electron chi connectivity index (χ0n) is 22.2. The molecule has 0 aliphatic heterocycles. The molecule has 0 aliphatic rings. The average Bonchev–Trinajstić information content (AvgIpc) is 3.40. The first-order chi connectivity index (χ1) is 18.5. The van der Waals surface area contributed by atoms with E-state index in [0.29, 0.717) is 30.6 Å². The lowest BCUT2D eigenvalue weighted by atomic mass is 9.99. The first kappa shape index (κ1) is 31.2. The van der Waals surface area contributed by atoms with Crippen molar-refractivity contribution in [1.29, 1.82) is 0 Å². The number of rotatable bonds is 16. The van der Waals surface area contributed by atoms with E-state index in [4.69, 9.17) is 11.5 Å². The molecule has 0 aliphatic carbocycles. The lowest BCUT2D eigenvalue weighted by Crippen LogP contribution is -2.59.